The molecule has 2 fully saturated rings. The molecule has 2 nitrogen and oxygen atoms in total. The second-order valence-corrected chi connectivity index (χ2v) is 8.86. The van der Waals surface area contributed by atoms with Crippen molar-refractivity contribution in [1.82, 2.24) is 0 Å². The zero-order chi connectivity index (χ0) is 20.6. The van der Waals surface area contributed by atoms with Gasteiger partial charge in [-0.05, 0) is 87.7 Å². The minimum absolute atomic E-state index is 0.0150. The quantitative estimate of drug-likeness (QED) is 0.406. The first-order valence-electron chi connectivity index (χ1n) is 11.4. The van der Waals surface area contributed by atoms with Gasteiger partial charge < -0.3 is 9.47 Å². The lowest BCUT2D eigenvalue weighted by molar-refractivity contribution is 0.120. The van der Waals surface area contributed by atoms with Crippen molar-refractivity contribution in [3.8, 4) is 11.5 Å². The maximum absolute atomic E-state index is 14.5. The van der Waals surface area contributed by atoms with Crippen LogP contribution in [0.2, 0.25) is 0 Å². The van der Waals surface area contributed by atoms with E-state index < -0.39 is 12.0 Å². The molecule has 0 aromatic heterocycles. The van der Waals surface area contributed by atoms with E-state index in [0.717, 1.165) is 30.6 Å². The number of alkyl halides is 1. The van der Waals surface area contributed by atoms with Gasteiger partial charge in [-0.15, -0.1) is 6.58 Å². The number of hydrogen-bond donors (Lipinski definition) is 0. The Labute approximate surface area is 174 Å². The molecule has 4 heteroatoms. The predicted molar refractivity (Wildman–Crippen MR) is 114 cm³/mol. The summed E-state index contributed by atoms with van der Waals surface area (Å²) in [4.78, 5) is 0. The number of halogens is 2. The van der Waals surface area contributed by atoms with Gasteiger partial charge in [0.25, 0.3) is 0 Å². The summed E-state index contributed by atoms with van der Waals surface area (Å²) in [6.07, 6.45) is 11.7. The lowest BCUT2D eigenvalue weighted by atomic mass is 9.68. The summed E-state index contributed by atoms with van der Waals surface area (Å²) in [6.45, 7) is 6.13. The largest absolute Gasteiger partial charge is 0.491 e. The van der Waals surface area contributed by atoms with Crippen molar-refractivity contribution in [1.29, 1.82) is 0 Å². The first-order valence-corrected chi connectivity index (χ1v) is 11.4. The van der Waals surface area contributed by atoms with E-state index >= 15 is 0 Å². The SMILES string of the molecule is C=CC1CCC(C2CCC(CC(F)COc3ccc(OCC)c(F)c3)CC2)CC1. The van der Waals surface area contributed by atoms with Crippen LogP contribution in [-0.4, -0.2) is 19.4 Å². The van der Waals surface area contributed by atoms with Gasteiger partial charge in [0.15, 0.2) is 11.6 Å². The Morgan fingerprint density at radius 1 is 1.03 bits per heavy atom. The van der Waals surface area contributed by atoms with Crippen molar-refractivity contribution in [2.45, 2.75) is 70.9 Å². The van der Waals surface area contributed by atoms with Gasteiger partial charge in [-0.3, -0.25) is 0 Å². The smallest absolute Gasteiger partial charge is 0.168 e. The molecule has 0 radical (unpaired) electrons. The second-order valence-electron chi connectivity index (χ2n) is 8.86. The fraction of sp³-hybridized carbons (Fsp3) is 0.680. The lowest BCUT2D eigenvalue weighted by Crippen LogP contribution is -2.27. The van der Waals surface area contributed by atoms with Crippen molar-refractivity contribution in [3.05, 3.63) is 36.7 Å². The average Bonchev–Trinajstić information content (AvgIpc) is 2.75. The molecule has 0 spiro atoms. The fourth-order valence-electron chi connectivity index (χ4n) is 5.21. The molecule has 3 rings (SSSR count). The summed E-state index contributed by atoms with van der Waals surface area (Å²) >= 11 is 0. The number of allylic oxidation sites excluding steroid dienone is 1. The Hall–Kier alpha value is -1.58. The van der Waals surface area contributed by atoms with Crippen molar-refractivity contribution < 1.29 is 18.3 Å². The fourth-order valence-corrected chi connectivity index (χ4v) is 5.21. The van der Waals surface area contributed by atoms with Crippen LogP contribution in [0.25, 0.3) is 0 Å². The highest BCUT2D eigenvalue weighted by Gasteiger charge is 2.31. The zero-order valence-corrected chi connectivity index (χ0v) is 17.8. The van der Waals surface area contributed by atoms with Gasteiger partial charge in [0.1, 0.15) is 18.5 Å². The highest BCUT2D eigenvalue weighted by Crippen LogP contribution is 2.42. The van der Waals surface area contributed by atoms with Gasteiger partial charge >= 0.3 is 0 Å². The van der Waals surface area contributed by atoms with Gasteiger partial charge in [0, 0.05) is 6.07 Å². The van der Waals surface area contributed by atoms with E-state index in [1.54, 1.807) is 13.0 Å². The standard InChI is InChI=1S/C25H36F2O2/c1-3-18-5-9-20(10-6-18)21-11-7-19(8-12-21)15-22(26)17-29-23-13-14-25(28-4-2)24(27)16-23/h3,13-14,16,18-22H,1,4-12,15,17H2,2H3. The molecule has 0 saturated heterocycles. The molecular formula is C25H36F2O2. The normalized spacial score (nSPS) is 28.5. The highest BCUT2D eigenvalue weighted by atomic mass is 19.1. The molecule has 1 aromatic carbocycles. The van der Waals surface area contributed by atoms with Crippen molar-refractivity contribution in [2.24, 2.45) is 23.7 Å². The van der Waals surface area contributed by atoms with E-state index in [0.29, 0.717) is 24.7 Å². The Morgan fingerprint density at radius 2 is 1.69 bits per heavy atom. The van der Waals surface area contributed by atoms with E-state index in [-0.39, 0.29) is 12.4 Å². The Bertz CT molecular complexity index is 632. The van der Waals surface area contributed by atoms with Crippen LogP contribution in [0.15, 0.2) is 30.9 Å². The third kappa shape index (κ3) is 6.45. The zero-order valence-electron chi connectivity index (χ0n) is 17.8. The molecule has 1 unspecified atom stereocenters. The minimum atomic E-state index is -1.01. The van der Waals surface area contributed by atoms with E-state index in [9.17, 15) is 8.78 Å². The number of ether oxygens (including phenoxy) is 2. The molecule has 2 saturated carbocycles. The topological polar surface area (TPSA) is 18.5 Å². The van der Waals surface area contributed by atoms with Crippen LogP contribution < -0.4 is 9.47 Å². The van der Waals surface area contributed by atoms with Gasteiger partial charge in [0.2, 0.25) is 0 Å². The number of rotatable bonds is 9. The molecule has 1 atom stereocenters. The van der Waals surface area contributed by atoms with Crippen LogP contribution >= 0.6 is 0 Å². The van der Waals surface area contributed by atoms with Crippen LogP contribution in [0, 0.1) is 29.5 Å². The number of benzene rings is 1. The molecule has 1 aromatic rings. The van der Waals surface area contributed by atoms with Crippen molar-refractivity contribution in [3.63, 3.8) is 0 Å². The Morgan fingerprint density at radius 3 is 2.28 bits per heavy atom. The summed E-state index contributed by atoms with van der Waals surface area (Å²) in [5.74, 6) is 2.95. The Balaban J connectivity index is 1.36. The van der Waals surface area contributed by atoms with E-state index in [1.165, 1.54) is 50.7 Å². The molecule has 29 heavy (non-hydrogen) atoms. The van der Waals surface area contributed by atoms with Crippen LogP contribution in [0.3, 0.4) is 0 Å². The molecule has 0 amide bonds. The average molecular weight is 407 g/mol. The summed E-state index contributed by atoms with van der Waals surface area (Å²) < 4.78 is 39.0. The molecule has 162 valence electrons. The monoisotopic (exact) mass is 406 g/mol. The van der Waals surface area contributed by atoms with E-state index in [2.05, 4.69) is 12.7 Å². The molecule has 2 aliphatic rings. The van der Waals surface area contributed by atoms with Crippen LogP contribution in [0.4, 0.5) is 8.78 Å². The maximum atomic E-state index is 14.5. The van der Waals surface area contributed by atoms with Crippen LogP contribution in [0.5, 0.6) is 11.5 Å². The molecule has 0 aliphatic heterocycles. The third-order valence-corrected chi connectivity index (χ3v) is 6.93. The summed E-state index contributed by atoms with van der Waals surface area (Å²) in [5, 5.41) is 0. The van der Waals surface area contributed by atoms with Crippen LogP contribution in [-0.2, 0) is 0 Å². The first kappa shape index (κ1) is 22.1. The second kappa shape index (κ2) is 11.0. The minimum Gasteiger partial charge on any atom is -0.491 e. The van der Waals surface area contributed by atoms with Crippen LogP contribution in [0.1, 0.15) is 64.7 Å². The van der Waals surface area contributed by atoms with Gasteiger partial charge in [-0.25, -0.2) is 8.78 Å². The van der Waals surface area contributed by atoms with E-state index in [4.69, 9.17) is 9.47 Å². The van der Waals surface area contributed by atoms with Gasteiger partial charge in [-0.1, -0.05) is 18.9 Å². The van der Waals surface area contributed by atoms with Gasteiger partial charge in [0.05, 0.1) is 6.61 Å². The highest BCUT2D eigenvalue weighted by molar-refractivity contribution is 5.33. The predicted octanol–water partition coefficient (Wildman–Crippen LogP) is 7.13. The maximum Gasteiger partial charge on any atom is 0.168 e. The van der Waals surface area contributed by atoms with Gasteiger partial charge in [-0.2, -0.15) is 0 Å². The third-order valence-electron chi connectivity index (χ3n) is 6.93. The summed E-state index contributed by atoms with van der Waals surface area (Å²) in [5.41, 5.74) is 0. The first-order chi connectivity index (χ1) is 14.1. The lowest BCUT2D eigenvalue weighted by Gasteiger charge is -2.37. The number of hydrogen-bond acceptors (Lipinski definition) is 2. The summed E-state index contributed by atoms with van der Waals surface area (Å²) in [7, 11) is 0. The van der Waals surface area contributed by atoms with Crippen molar-refractivity contribution in [2.75, 3.05) is 13.2 Å². The van der Waals surface area contributed by atoms with E-state index in [1.807, 2.05) is 0 Å². The Kier molecular flexibility index (Phi) is 8.38. The molecule has 2 aliphatic carbocycles. The molecule has 0 heterocycles. The summed E-state index contributed by atoms with van der Waals surface area (Å²) in [6, 6.07) is 4.43. The molecular weight excluding hydrogens is 370 g/mol. The van der Waals surface area contributed by atoms with Crippen molar-refractivity contribution >= 4 is 0 Å². The molecule has 0 bridgehead atoms. The molecule has 0 N–H and O–H groups in total.